The second-order valence-electron chi connectivity index (χ2n) is 4.55. The Kier molecular flexibility index (Phi) is 3.78. The Morgan fingerprint density at radius 3 is 2.50 bits per heavy atom. The molecule has 1 fully saturated rings. The first-order valence-electron chi connectivity index (χ1n) is 5.58. The van der Waals surface area contributed by atoms with Gasteiger partial charge in [0.05, 0.1) is 10.7 Å². The third kappa shape index (κ3) is 2.91. The van der Waals surface area contributed by atoms with Gasteiger partial charge in [-0.2, -0.15) is 0 Å². The van der Waals surface area contributed by atoms with Crippen molar-refractivity contribution in [3.63, 3.8) is 0 Å². The van der Waals surface area contributed by atoms with Crippen molar-refractivity contribution < 1.29 is 8.42 Å². The maximum Gasteiger partial charge on any atom is 0.244 e. The summed E-state index contributed by atoms with van der Waals surface area (Å²) in [5.41, 5.74) is 5.75. The van der Waals surface area contributed by atoms with Gasteiger partial charge >= 0.3 is 0 Å². The Bertz CT molecular complexity index is 547. The van der Waals surface area contributed by atoms with E-state index in [-0.39, 0.29) is 21.6 Å². The van der Waals surface area contributed by atoms with E-state index in [1.807, 2.05) is 6.92 Å². The lowest BCUT2D eigenvalue weighted by atomic mass is 10.2. The minimum Gasteiger partial charge on any atom is -0.398 e. The van der Waals surface area contributed by atoms with Gasteiger partial charge in [-0.1, -0.05) is 23.2 Å². The third-order valence-electron chi connectivity index (χ3n) is 2.98. The van der Waals surface area contributed by atoms with Crippen LogP contribution in [0.25, 0.3) is 0 Å². The van der Waals surface area contributed by atoms with E-state index in [0.717, 1.165) is 12.8 Å². The van der Waals surface area contributed by atoms with E-state index in [1.54, 1.807) is 0 Å². The van der Waals surface area contributed by atoms with Gasteiger partial charge in [0.15, 0.2) is 0 Å². The summed E-state index contributed by atoms with van der Waals surface area (Å²) in [6.07, 6.45) is 2.10. The summed E-state index contributed by atoms with van der Waals surface area (Å²) in [6.45, 7) is 1.84. The number of nitrogen functional groups attached to an aromatic ring is 1. The average molecular weight is 309 g/mol. The SMILES string of the molecule is CC(NS(=O)(=O)c1c(N)cc(Cl)cc1Cl)C1CC1. The monoisotopic (exact) mass is 308 g/mol. The molecule has 7 heteroatoms. The number of hydrogen-bond acceptors (Lipinski definition) is 3. The lowest BCUT2D eigenvalue weighted by molar-refractivity contribution is 0.538. The second-order valence-corrected chi connectivity index (χ2v) is 7.05. The molecule has 1 unspecified atom stereocenters. The second kappa shape index (κ2) is 4.89. The van der Waals surface area contributed by atoms with Crippen LogP contribution in [0, 0.1) is 5.92 Å². The van der Waals surface area contributed by atoms with Crippen LogP contribution in [0.5, 0.6) is 0 Å². The summed E-state index contributed by atoms with van der Waals surface area (Å²) in [5.74, 6) is 0.409. The molecule has 0 aromatic heterocycles. The highest BCUT2D eigenvalue weighted by molar-refractivity contribution is 7.89. The van der Waals surface area contributed by atoms with Crippen molar-refractivity contribution in [2.24, 2.45) is 5.92 Å². The quantitative estimate of drug-likeness (QED) is 0.840. The van der Waals surface area contributed by atoms with Crippen molar-refractivity contribution in [2.75, 3.05) is 5.73 Å². The molecular weight excluding hydrogens is 295 g/mol. The molecule has 0 saturated heterocycles. The average Bonchev–Trinajstić information content (AvgIpc) is 2.95. The number of benzene rings is 1. The standard InChI is InChI=1S/C11H14Cl2N2O2S/c1-6(7-2-3-7)15-18(16,17)11-9(13)4-8(12)5-10(11)14/h4-7,15H,2-3,14H2,1H3. The zero-order chi connectivity index (χ0) is 13.5. The molecule has 2 rings (SSSR count). The van der Waals surface area contributed by atoms with Crippen LogP contribution in [0.15, 0.2) is 17.0 Å². The third-order valence-corrected chi connectivity index (χ3v) is 5.28. The highest BCUT2D eigenvalue weighted by Gasteiger charge is 2.32. The molecule has 0 amide bonds. The fraction of sp³-hybridized carbons (Fsp3) is 0.455. The van der Waals surface area contributed by atoms with Gasteiger partial charge in [0.1, 0.15) is 4.90 Å². The van der Waals surface area contributed by atoms with Crippen molar-refractivity contribution in [3.05, 3.63) is 22.2 Å². The van der Waals surface area contributed by atoms with Crippen LogP contribution >= 0.6 is 23.2 Å². The van der Waals surface area contributed by atoms with Crippen LogP contribution in [0.2, 0.25) is 10.0 Å². The van der Waals surface area contributed by atoms with Gasteiger partial charge in [0, 0.05) is 11.1 Å². The molecule has 18 heavy (non-hydrogen) atoms. The predicted molar refractivity (Wildman–Crippen MR) is 73.4 cm³/mol. The van der Waals surface area contributed by atoms with Crippen LogP contribution in [0.4, 0.5) is 5.69 Å². The fourth-order valence-electron chi connectivity index (χ4n) is 1.86. The van der Waals surface area contributed by atoms with Crippen molar-refractivity contribution in [1.82, 2.24) is 4.72 Å². The van der Waals surface area contributed by atoms with E-state index in [2.05, 4.69) is 4.72 Å². The van der Waals surface area contributed by atoms with E-state index in [1.165, 1.54) is 12.1 Å². The van der Waals surface area contributed by atoms with Crippen LogP contribution in [-0.2, 0) is 10.0 Å². The van der Waals surface area contributed by atoms with Crippen LogP contribution in [0.3, 0.4) is 0 Å². The molecule has 100 valence electrons. The Morgan fingerprint density at radius 1 is 1.39 bits per heavy atom. The Labute approximate surface area is 117 Å². The molecule has 1 aliphatic carbocycles. The summed E-state index contributed by atoms with van der Waals surface area (Å²) in [7, 11) is -3.71. The number of anilines is 1. The van der Waals surface area contributed by atoms with Gasteiger partial charge in [-0.25, -0.2) is 13.1 Å². The first-order valence-corrected chi connectivity index (χ1v) is 7.82. The smallest absolute Gasteiger partial charge is 0.244 e. The molecule has 1 atom stereocenters. The summed E-state index contributed by atoms with van der Waals surface area (Å²) in [4.78, 5) is -0.0962. The lowest BCUT2D eigenvalue weighted by Crippen LogP contribution is -2.34. The Balaban J connectivity index is 2.34. The number of nitrogens with one attached hydrogen (secondary N) is 1. The van der Waals surface area contributed by atoms with Crippen molar-refractivity contribution in [1.29, 1.82) is 0 Å². The number of rotatable bonds is 4. The van der Waals surface area contributed by atoms with Crippen molar-refractivity contribution in [2.45, 2.75) is 30.7 Å². The fourth-order valence-corrected chi connectivity index (χ4v) is 4.16. The summed E-state index contributed by atoms with van der Waals surface area (Å²) in [6, 6.07) is 2.64. The molecule has 0 aliphatic heterocycles. The van der Waals surface area contributed by atoms with E-state index < -0.39 is 10.0 Å². The molecule has 3 N–H and O–H groups in total. The van der Waals surface area contributed by atoms with Gasteiger partial charge in [-0.3, -0.25) is 0 Å². The number of nitrogens with two attached hydrogens (primary N) is 1. The molecule has 0 spiro atoms. The van der Waals surface area contributed by atoms with Crippen LogP contribution in [0.1, 0.15) is 19.8 Å². The summed E-state index contributed by atoms with van der Waals surface area (Å²) in [5, 5.41) is 0.349. The van der Waals surface area contributed by atoms with Crippen LogP contribution in [-0.4, -0.2) is 14.5 Å². The molecule has 1 saturated carbocycles. The zero-order valence-electron chi connectivity index (χ0n) is 9.78. The van der Waals surface area contributed by atoms with Gasteiger partial charge < -0.3 is 5.73 Å². The maximum atomic E-state index is 12.2. The minimum atomic E-state index is -3.71. The number of sulfonamides is 1. The molecule has 0 heterocycles. The normalized spacial score (nSPS) is 17.7. The molecule has 1 aliphatic rings. The van der Waals surface area contributed by atoms with Gasteiger partial charge in [0.25, 0.3) is 0 Å². The molecule has 1 aromatic rings. The first kappa shape index (κ1) is 13.9. The number of halogens is 2. The Hall–Kier alpha value is -0.490. The maximum absolute atomic E-state index is 12.2. The molecule has 4 nitrogen and oxygen atoms in total. The minimum absolute atomic E-state index is 0.0375. The Morgan fingerprint density at radius 2 is 2.00 bits per heavy atom. The van der Waals surface area contributed by atoms with E-state index >= 15 is 0 Å². The van der Waals surface area contributed by atoms with Crippen LogP contribution < -0.4 is 10.5 Å². The summed E-state index contributed by atoms with van der Waals surface area (Å²) < 4.78 is 27.0. The van der Waals surface area contributed by atoms with Crippen molar-refractivity contribution >= 4 is 38.9 Å². The van der Waals surface area contributed by atoms with Gasteiger partial charge in [-0.05, 0) is 37.8 Å². The van der Waals surface area contributed by atoms with Gasteiger partial charge in [0.2, 0.25) is 10.0 Å². The van der Waals surface area contributed by atoms with E-state index in [0.29, 0.717) is 10.9 Å². The highest BCUT2D eigenvalue weighted by Crippen LogP contribution is 2.35. The zero-order valence-corrected chi connectivity index (χ0v) is 12.1. The lowest BCUT2D eigenvalue weighted by Gasteiger charge is -2.15. The van der Waals surface area contributed by atoms with E-state index in [9.17, 15) is 8.42 Å². The predicted octanol–water partition coefficient (Wildman–Crippen LogP) is 2.65. The van der Waals surface area contributed by atoms with E-state index in [4.69, 9.17) is 28.9 Å². The first-order chi connectivity index (χ1) is 8.31. The summed E-state index contributed by atoms with van der Waals surface area (Å²) >= 11 is 11.7. The number of hydrogen-bond donors (Lipinski definition) is 2. The largest absolute Gasteiger partial charge is 0.398 e. The molecule has 0 radical (unpaired) electrons. The molecule has 1 aromatic carbocycles. The van der Waals surface area contributed by atoms with Crippen molar-refractivity contribution in [3.8, 4) is 0 Å². The molecular formula is C11H14Cl2N2O2S. The topological polar surface area (TPSA) is 72.2 Å². The molecule has 0 bridgehead atoms. The van der Waals surface area contributed by atoms with Gasteiger partial charge in [-0.15, -0.1) is 0 Å². The highest BCUT2D eigenvalue weighted by atomic mass is 35.5.